The van der Waals surface area contributed by atoms with Gasteiger partial charge in [0.1, 0.15) is 0 Å². The zero-order chi connectivity index (χ0) is 17.0. The first kappa shape index (κ1) is 18.4. The van der Waals surface area contributed by atoms with Gasteiger partial charge in [-0.2, -0.15) is 13.2 Å². The number of rotatable bonds is 7. The Balaban J connectivity index is 3.25. The van der Waals surface area contributed by atoms with Crippen molar-refractivity contribution in [1.82, 2.24) is 0 Å². The Hall–Kier alpha value is -1.63. The van der Waals surface area contributed by atoms with Crippen molar-refractivity contribution in [3.8, 4) is 5.75 Å². The molecule has 1 aromatic rings. The highest BCUT2D eigenvalue weighted by atomic mass is 19.4. The Labute approximate surface area is 125 Å². The van der Waals surface area contributed by atoms with Crippen molar-refractivity contribution in [2.75, 3.05) is 7.11 Å². The minimum atomic E-state index is -5.10. The lowest BCUT2D eigenvalue weighted by Gasteiger charge is -2.30. The molecule has 1 rings (SSSR count). The molecule has 0 saturated heterocycles. The SMILES string of the molecule is CCCC(CC(O)(C=O)C(F)(F)F)c1cccc(F)c1OC. The summed E-state index contributed by atoms with van der Waals surface area (Å²) in [6, 6.07) is 3.91. The van der Waals surface area contributed by atoms with Crippen molar-refractivity contribution < 1.29 is 32.2 Å². The smallest absolute Gasteiger partial charge is 0.424 e. The van der Waals surface area contributed by atoms with Crippen LogP contribution in [-0.4, -0.2) is 30.3 Å². The molecule has 0 amide bonds. The molecule has 0 bridgehead atoms. The molecule has 7 heteroatoms. The number of carbonyl (C=O) groups is 1. The number of benzene rings is 1. The summed E-state index contributed by atoms with van der Waals surface area (Å²) in [5, 5.41) is 9.62. The number of hydrogen-bond acceptors (Lipinski definition) is 3. The summed E-state index contributed by atoms with van der Waals surface area (Å²) in [6.07, 6.45) is -5.75. The molecule has 0 spiro atoms. The van der Waals surface area contributed by atoms with Crippen molar-refractivity contribution >= 4 is 6.29 Å². The largest absolute Gasteiger partial charge is 0.493 e. The monoisotopic (exact) mass is 322 g/mol. The van der Waals surface area contributed by atoms with E-state index in [2.05, 4.69) is 0 Å². The third-order valence-corrected chi connectivity index (χ3v) is 3.52. The van der Waals surface area contributed by atoms with Gasteiger partial charge < -0.3 is 9.84 Å². The lowest BCUT2D eigenvalue weighted by Crippen LogP contribution is -2.47. The molecule has 0 saturated carbocycles. The number of ether oxygens (including phenoxy) is 1. The van der Waals surface area contributed by atoms with Gasteiger partial charge in [0.2, 0.25) is 5.60 Å². The molecule has 0 aliphatic carbocycles. The van der Waals surface area contributed by atoms with Crippen LogP contribution in [0.3, 0.4) is 0 Å². The third kappa shape index (κ3) is 3.76. The van der Waals surface area contributed by atoms with Crippen LogP contribution in [0.1, 0.15) is 37.7 Å². The van der Waals surface area contributed by atoms with Crippen molar-refractivity contribution in [2.24, 2.45) is 0 Å². The summed E-state index contributed by atoms with van der Waals surface area (Å²) >= 11 is 0. The van der Waals surface area contributed by atoms with Crippen LogP contribution in [0.4, 0.5) is 17.6 Å². The van der Waals surface area contributed by atoms with Crippen LogP contribution >= 0.6 is 0 Å². The van der Waals surface area contributed by atoms with Gasteiger partial charge in [-0.25, -0.2) is 4.39 Å². The number of aliphatic hydroxyl groups is 1. The van der Waals surface area contributed by atoms with Crippen molar-refractivity contribution in [3.05, 3.63) is 29.6 Å². The van der Waals surface area contributed by atoms with E-state index in [9.17, 15) is 27.5 Å². The van der Waals surface area contributed by atoms with Crippen LogP contribution in [0.5, 0.6) is 5.75 Å². The highest BCUT2D eigenvalue weighted by molar-refractivity contribution is 5.64. The minimum absolute atomic E-state index is 0.170. The third-order valence-electron chi connectivity index (χ3n) is 3.52. The minimum Gasteiger partial charge on any atom is -0.493 e. The number of hydrogen-bond donors (Lipinski definition) is 1. The number of aldehydes is 1. The summed E-state index contributed by atoms with van der Waals surface area (Å²) in [6.45, 7) is 1.74. The Morgan fingerprint density at radius 1 is 1.36 bits per heavy atom. The first-order valence-electron chi connectivity index (χ1n) is 6.78. The summed E-state index contributed by atoms with van der Waals surface area (Å²) in [5.41, 5.74) is -3.27. The van der Waals surface area contributed by atoms with Gasteiger partial charge in [0, 0.05) is 5.56 Å². The fraction of sp³-hybridized carbons (Fsp3) is 0.533. The lowest BCUT2D eigenvalue weighted by molar-refractivity contribution is -0.248. The molecule has 0 aliphatic rings. The second-order valence-corrected chi connectivity index (χ2v) is 5.09. The predicted octanol–water partition coefficient (Wildman–Crippen LogP) is 3.60. The van der Waals surface area contributed by atoms with Crippen molar-refractivity contribution in [3.63, 3.8) is 0 Å². The maximum atomic E-state index is 13.7. The molecular weight excluding hydrogens is 304 g/mol. The first-order chi connectivity index (χ1) is 10.2. The molecule has 1 aromatic carbocycles. The molecule has 124 valence electrons. The average molecular weight is 322 g/mol. The summed E-state index contributed by atoms with van der Waals surface area (Å²) in [4.78, 5) is 10.8. The number of para-hydroxylation sites is 1. The van der Waals surface area contributed by atoms with Crippen LogP contribution in [0.25, 0.3) is 0 Å². The maximum absolute atomic E-state index is 13.7. The van der Waals surface area contributed by atoms with E-state index < -0.39 is 36.2 Å². The highest BCUT2D eigenvalue weighted by Gasteiger charge is 2.55. The maximum Gasteiger partial charge on any atom is 0.424 e. The van der Waals surface area contributed by atoms with Gasteiger partial charge in [-0.1, -0.05) is 25.5 Å². The van der Waals surface area contributed by atoms with Crippen LogP contribution in [-0.2, 0) is 4.79 Å². The highest BCUT2D eigenvalue weighted by Crippen LogP contribution is 2.41. The van der Waals surface area contributed by atoms with Gasteiger partial charge in [-0.15, -0.1) is 0 Å². The van der Waals surface area contributed by atoms with Gasteiger partial charge in [0.15, 0.2) is 17.9 Å². The second-order valence-electron chi connectivity index (χ2n) is 5.09. The fourth-order valence-corrected chi connectivity index (χ4v) is 2.38. The molecule has 2 atom stereocenters. The fourth-order valence-electron chi connectivity index (χ4n) is 2.38. The number of methoxy groups -OCH3 is 1. The average Bonchev–Trinajstić information content (AvgIpc) is 2.45. The molecule has 2 unspecified atom stereocenters. The predicted molar refractivity (Wildman–Crippen MR) is 72.3 cm³/mol. The van der Waals surface area contributed by atoms with Gasteiger partial charge >= 0.3 is 6.18 Å². The van der Waals surface area contributed by atoms with E-state index in [1.165, 1.54) is 19.2 Å². The zero-order valence-corrected chi connectivity index (χ0v) is 12.3. The Morgan fingerprint density at radius 3 is 2.45 bits per heavy atom. The second kappa shape index (κ2) is 7.09. The van der Waals surface area contributed by atoms with E-state index in [0.717, 1.165) is 6.07 Å². The van der Waals surface area contributed by atoms with E-state index in [1.54, 1.807) is 6.92 Å². The van der Waals surface area contributed by atoms with Gasteiger partial charge in [0.25, 0.3) is 0 Å². The molecule has 0 radical (unpaired) electrons. The van der Waals surface area contributed by atoms with Gasteiger partial charge in [-0.05, 0) is 24.8 Å². The van der Waals surface area contributed by atoms with E-state index in [-0.39, 0.29) is 17.7 Å². The van der Waals surface area contributed by atoms with E-state index in [0.29, 0.717) is 6.42 Å². The summed E-state index contributed by atoms with van der Waals surface area (Å²) in [5.74, 6) is -1.74. The van der Waals surface area contributed by atoms with E-state index in [1.807, 2.05) is 0 Å². The van der Waals surface area contributed by atoms with E-state index in [4.69, 9.17) is 4.74 Å². The molecule has 3 nitrogen and oxygen atoms in total. The van der Waals surface area contributed by atoms with E-state index >= 15 is 0 Å². The Bertz CT molecular complexity index is 516. The topological polar surface area (TPSA) is 46.5 Å². The molecule has 0 aliphatic heterocycles. The first-order valence-corrected chi connectivity index (χ1v) is 6.78. The molecule has 0 fully saturated rings. The summed E-state index contributed by atoms with van der Waals surface area (Å²) in [7, 11) is 1.21. The standard InChI is InChI=1S/C15H18F4O3/c1-3-5-10(8-14(21,9-20)15(17,18)19)11-6-4-7-12(16)13(11)22-2/h4,6-7,9-10,21H,3,5,8H2,1-2H3. The Morgan fingerprint density at radius 2 is 2.00 bits per heavy atom. The van der Waals surface area contributed by atoms with Crippen molar-refractivity contribution in [1.29, 1.82) is 0 Å². The van der Waals surface area contributed by atoms with Gasteiger partial charge in [-0.3, -0.25) is 4.79 Å². The van der Waals surface area contributed by atoms with Crippen LogP contribution in [0.2, 0.25) is 0 Å². The van der Waals surface area contributed by atoms with Crippen LogP contribution < -0.4 is 4.74 Å². The summed E-state index contributed by atoms with van der Waals surface area (Å²) < 4.78 is 57.3. The molecular formula is C15H18F4O3. The number of carbonyl (C=O) groups excluding carboxylic acids is 1. The number of halogens is 4. The Kier molecular flexibility index (Phi) is 5.93. The lowest BCUT2D eigenvalue weighted by atomic mass is 9.83. The van der Waals surface area contributed by atoms with Crippen molar-refractivity contribution in [2.45, 2.75) is 43.9 Å². The molecule has 0 aromatic heterocycles. The van der Waals surface area contributed by atoms with Crippen LogP contribution in [0, 0.1) is 5.82 Å². The molecule has 22 heavy (non-hydrogen) atoms. The quantitative estimate of drug-likeness (QED) is 0.616. The van der Waals surface area contributed by atoms with Crippen LogP contribution in [0.15, 0.2) is 18.2 Å². The zero-order valence-electron chi connectivity index (χ0n) is 12.3. The normalized spacial score (nSPS) is 16.0. The van der Waals surface area contributed by atoms with Gasteiger partial charge in [0.05, 0.1) is 7.11 Å². The molecule has 0 heterocycles. The number of alkyl halides is 3. The molecule has 1 N–H and O–H groups in total.